The van der Waals surface area contributed by atoms with Crippen LogP contribution in [0.25, 0.3) is 0 Å². The maximum absolute atomic E-state index is 12.4. The number of nitriles is 1. The largest absolute Gasteiger partial charge is 0.237 e. The van der Waals surface area contributed by atoms with E-state index in [9.17, 15) is 9.47 Å². The van der Waals surface area contributed by atoms with Crippen molar-refractivity contribution in [2.24, 2.45) is 11.8 Å². The standard InChI is InChI=1S/C16H22N2OS/c1-12-7-9-14(10-8-12)15(11-17)18-20(19)16-6-4-3-5-13(16)2/h3-6,12,14-15,18H,7-10H2,1-2H3. The fraction of sp³-hybridized carbons (Fsp3) is 0.562. The van der Waals surface area contributed by atoms with Crippen LogP contribution in [0.1, 0.15) is 38.2 Å². The maximum atomic E-state index is 12.4. The Bertz CT molecular complexity index is 515. The predicted octanol–water partition coefficient (Wildman–Crippen LogP) is 3.33. The second-order valence-corrected chi connectivity index (χ2v) is 6.99. The van der Waals surface area contributed by atoms with E-state index in [1.807, 2.05) is 31.2 Å². The molecule has 1 aromatic carbocycles. The Balaban J connectivity index is 2.02. The number of hydrogen-bond donors (Lipinski definition) is 1. The molecule has 0 saturated heterocycles. The van der Waals surface area contributed by atoms with Gasteiger partial charge in [-0.05, 0) is 43.2 Å². The van der Waals surface area contributed by atoms with Crippen molar-refractivity contribution in [3.63, 3.8) is 0 Å². The molecule has 0 heterocycles. The molecule has 0 amide bonds. The topological polar surface area (TPSA) is 52.9 Å². The second kappa shape index (κ2) is 7.01. The SMILES string of the molecule is Cc1ccccc1S(=O)NC(C#N)C1CCC(C)CC1. The van der Waals surface area contributed by atoms with Gasteiger partial charge in [-0.25, -0.2) is 8.93 Å². The second-order valence-electron chi connectivity index (χ2n) is 5.78. The van der Waals surface area contributed by atoms with Crippen LogP contribution < -0.4 is 4.72 Å². The molecule has 1 aliphatic carbocycles. The van der Waals surface area contributed by atoms with Crippen molar-refractivity contribution < 1.29 is 4.21 Å². The predicted molar refractivity (Wildman–Crippen MR) is 81.2 cm³/mol. The van der Waals surface area contributed by atoms with Gasteiger partial charge in [-0.3, -0.25) is 0 Å². The minimum atomic E-state index is -1.31. The first-order valence-corrected chi connectivity index (χ1v) is 8.40. The van der Waals surface area contributed by atoms with Crippen molar-refractivity contribution in [1.82, 2.24) is 4.72 Å². The third-order valence-corrected chi connectivity index (χ3v) is 5.52. The molecule has 0 radical (unpaired) electrons. The molecule has 0 aliphatic heterocycles. The van der Waals surface area contributed by atoms with Gasteiger partial charge in [0, 0.05) is 0 Å². The molecule has 2 atom stereocenters. The molecule has 0 spiro atoms. The summed E-state index contributed by atoms with van der Waals surface area (Å²) in [5, 5.41) is 9.36. The van der Waals surface area contributed by atoms with Crippen LogP contribution >= 0.6 is 0 Å². The third-order valence-electron chi connectivity index (χ3n) is 4.20. The molecule has 0 aromatic heterocycles. The van der Waals surface area contributed by atoms with E-state index in [2.05, 4.69) is 17.7 Å². The molecule has 4 heteroatoms. The Morgan fingerprint density at radius 3 is 2.55 bits per heavy atom. The van der Waals surface area contributed by atoms with Crippen molar-refractivity contribution in [3.8, 4) is 6.07 Å². The molecular formula is C16H22N2OS. The van der Waals surface area contributed by atoms with Crippen molar-refractivity contribution in [2.45, 2.75) is 50.5 Å². The first-order valence-electron chi connectivity index (χ1n) is 7.25. The molecule has 20 heavy (non-hydrogen) atoms. The molecule has 108 valence electrons. The van der Waals surface area contributed by atoms with E-state index in [-0.39, 0.29) is 6.04 Å². The highest BCUT2D eigenvalue weighted by Gasteiger charge is 2.27. The van der Waals surface area contributed by atoms with Crippen LogP contribution in [0.4, 0.5) is 0 Å². The van der Waals surface area contributed by atoms with Crippen LogP contribution in [0.3, 0.4) is 0 Å². The van der Waals surface area contributed by atoms with Gasteiger partial charge in [-0.15, -0.1) is 0 Å². The monoisotopic (exact) mass is 290 g/mol. The van der Waals surface area contributed by atoms with Gasteiger partial charge in [-0.1, -0.05) is 38.0 Å². The van der Waals surface area contributed by atoms with Crippen LogP contribution in [0.15, 0.2) is 29.2 Å². The Hall–Kier alpha value is -1.18. The summed E-state index contributed by atoms with van der Waals surface area (Å²) in [6.45, 7) is 4.20. The van der Waals surface area contributed by atoms with E-state index in [0.717, 1.165) is 29.2 Å². The van der Waals surface area contributed by atoms with Gasteiger partial charge in [0.1, 0.15) is 17.0 Å². The quantitative estimate of drug-likeness (QED) is 0.924. The lowest BCUT2D eigenvalue weighted by Gasteiger charge is -2.29. The summed E-state index contributed by atoms with van der Waals surface area (Å²) in [7, 11) is -1.31. The first kappa shape index (κ1) is 15.2. The van der Waals surface area contributed by atoms with E-state index < -0.39 is 11.0 Å². The van der Waals surface area contributed by atoms with E-state index in [0.29, 0.717) is 5.92 Å². The van der Waals surface area contributed by atoms with Gasteiger partial charge in [0.2, 0.25) is 0 Å². The molecule has 0 bridgehead atoms. The molecule has 3 nitrogen and oxygen atoms in total. The van der Waals surface area contributed by atoms with Gasteiger partial charge < -0.3 is 0 Å². The van der Waals surface area contributed by atoms with Gasteiger partial charge in [0.25, 0.3) is 0 Å². The zero-order chi connectivity index (χ0) is 14.5. The lowest BCUT2D eigenvalue weighted by atomic mass is 9.80. The third kappa shape index (κ3) is 3.68. The summed E-state index contributed by atoms with van der Waals surface area (Å²) in [5.74, 6) is 1.08. The molecule has 1 N–H and O–H groups in total. The Morgan fingerprint density at radius 2 is 1.95 bits per heavy atom. The maximum Gasteiger partial charge on any atom is 0.126 e. The summed E-state index contributed by atoms with van der Waals surface area (Å²) in [5.41, 5.74) is 0.993. The average molecular weight is 290 g/mol. The normalized spacial score (nSPS) is 25.6. The summed E-state index contributed by atoms with van der Waals surface area (Å²) in [6, 6.07) is 9.60. The number of benzene rings is 1. The zero-order valence-corrected chi connectivity index (χ0v) is 13.0. The van der Waals surface area contributed by atoms with Crippen molar-refractivity contribution in [3.05, 3.63) is 29.8 Å². The smallest absolute Gasteiger partial charge is 0.126 e. The summed E-state index contributed by atoms with van der Waals surface area (Å²) < 4.78 is 15.4. The lowest BCUT2D eigenvalue weighted by Crippen LogP contribution is -2.38. The minimum Gasteiger partial charge on any atom is -0.237 e. The number of rotatable bonds is 4. The molecule has 1 aromatic rings. The Labute approximate surface area is 124 Å². The highest BCUT2D eigenvalue weighted by molar-refractivity contribution is 7.83. The summed E-state index contributed by atoms with van der Waals surface area (Å²) in [4.78, 5) is 0.775. The van der Waals surface area contributed by atoms with E-state index in [1.165, 1.54) is 12.8 Å². The van der Waals surface area contributed by atoms with Crippen LogP contribution in [0, 0.1) is 30.1 Å². The average Bonchev–Trinajstić information content (AvgIpc) is 2.46. The highest BCUT2D eigenvalue weighted by atomic mass is 32.2. The van der Waals surface area contributed by atoms with Gasteiger partial charge >= 0.3 is 0 Å². The van der Waals surface area contributed by atoms with Gasteiger partial charge in [0.05, 0.1) is 11.0 Å². The van der Waals surface area contributed by atoms with Gasteiger partial charge in [0.15, 0.2) is 0 Å². The zero-order valence-electron chi connectivity index (χ0n) is 12.1. The minimum absolute atomic E-state index is 0.317. The van der Waals surface area contributed by atoms with E-state index >= 15 is 0 Å². The number of nitrogens with zero attached hydrogens (tertiary/aromatic N) is 1. The van der Waals surface area contributed by atoms with Crippen molar-refractivity contribution in [2.75, 3.05) is 0 Å². The Morgan fingerprint density at radius 1 is 1.30 bits per heavy atom. The highest BCUT2D eigenvalue weighted by Crippen LogP contribution is 2.30. The Kier molecular flexibility index (Phi) is 5.33. The number of nitrogens with one attached hydrogen (secondary N) is 1. The van der Waals surface area contributed by atoms with Crippen LogP contribution in [0.5, 0.6) is 0 Å². The molecule has 1 saturated carbocycles. The molecular weight excluding hydrogens is 268 g/mol. The number of aryl methyl sites for hydroxylation is 1. The number of hydrogen-bond acceptors (Lipinski definition) is 2. The van der Waals surface area contributed by atoms with Crippen LogP contribution in [-0.2, 0) is 11.0 Å². The molecule has 2 rings (SSSR count). The summed E-state index contributed by atoms with van der Waals surface area (Å²) in [6.07, 6.45) is 4.44. The fourth-order valence-electron chi connectivity index (χ4n) is 2.79. The molecule has 1 aliphatic rings. The van der Waals surface area contributed by atoms with E-state index in [4.69, 9.17) is 0 Å². The molecule has 2 unspecified atom stereocenters. The van der Waals surface area contributed by atoms with Crippen LogP contribution in [0.2, 0.25) is 0 Å². The fourth-order valence-corrected chi connectivity index (χ4v) is 3.96. The molecule has 1 fully saturated rings. The van der Waals surface area contributed by atoms with E-state index in [1.54, 1.807) is 0 Å². The van der Waals surface area contributed by atoms with Gasteiger partial charge in [-0.2, -0.15) is 5.26 Å². The van der Waals surface area contributed by atoms with Crippen molar-refractivity contribution in [1.29, 1.82) is 5.26 Å². The van der Waals surface area contributed by atoms with Crippen LogP contribution in [-0.4, -0.2) is 10.3 Å². The first-order chi connectivity index (χ1) is 9.61. The van der Waals surface area contributed by atoms with Crippen molar-refractivity contribution >= 4 is 11.0 Å². The lowest BCUT2D eigenvalue weighted by molar-refractivity contribution is 0.269. The summed E-state index contributed by atoms with van der Waals surface area (Å²) >= 11 is 0.